The highest BCUT2D eigenvalue weighted by Gasteiger charge is 2.12. The summed E-state index contributed by atoms with van der Waals surface area (Å²) in [5.41, 5.74) is 0.832. The highest BCUT2D eigenvalue weighted by atomic mass is 16.4. The molecule has 2 aromatic rings. The fourth-order valence-corrected chi connectivity index (χ4v) is 2.29. The summed E-state index contributed by atoms with van der Waals surface area (Å²) in [6.07, 6.45) is 0.734. The van der Waals surface area contributed by atoms with Crippen LogP contribution < -0.4 is 5.32 Å². The quantitative estimate of drug-likeness (QED) is 0.707. The van der Waals surface area contributed by atoms with Crippen molar-refractivity contribution in [2.24, 2.45) is 0 Å². The molecular weight excluding hydrogens is 254 g/mol. The van der Waals surface area contributed by atoms with Gasteiger partial charge in [-0.15, -0.1) is 0 Å². The lowest BCUT2D eigenvalue weighted by Crippen LogP contribution is -2.20. The minimum Gasteiger partial charge on any atom is -0.507 e. The second-order valence-electron chi connectivity index (χ2n) is 4.90. The van der Waals surface area contributed by atoms with Crippen LogP contribution in [0.1, 0.15) is 31.4 Å². The maximum absolute atomic E-state index is 10.4. The Bertz CT molecular complexity index is 610. The van der Waals surface area contributed by atoms with Gasteiger partial charge < -0.3 is 15.5 Å². The minimum absolute atomic E-state index is 0.0200. The number of nitrogens with one attached hydrogen (secondary N) is 1. The number of carbonyl (C=O) groups is 1. The Morgan fingerprint density at radius 2 is 2.00 bits per heavy atom. The zero-order valence-corrected chi connectivity index (χ0v) is 11.5. The monoisotopic (exact) mass is 273 g/mol. The van der Waals surface area contributed by atoms with Gasteiger partial charge in [-0.3, -0.25) is 4.79 Å². The minimum atomic E-state index is -0.784. The predicted octanol–water partition coefficient (Wildman–Crippen LogP) is 3.06. The third-order valence-corrected chi connectivity index (χ3v) is 3.42. The summed E-state index contributed by atoms with van der Waals surface area (Å²) in [6, 6.07) is 11.6. The van der Waals surface area contributed by atoms with Gasteiger partial charge >= 0.3 is 5.97 Å². The van der Waals surface area contributed by atoms with Crippen LogP contribution in [0, 0.1) is 0 Å². The van der Waals surface area contributed by atoms with Crippen LogP contribution in [-0.2, 0) is 4.79 Å². The van der Waals surface area contributed by atoms with Crippen molar-refractivity contribution in [1.29, 1.82) is 0 Å². The third kappa shape index (κ3) is 3.27. The molecule has 0 radical (unpaired) electrons. The van der Waals surface area contributed by atoms with Crippen molar-refractivity contribution in [2.45, 2.75) is 25.8 Å². The van der Waals surface area contributed by atoms with Crippen molar-refractivity contribution in [3.8, 4) is 5.75 Å². The Kier molecular flexibility index (Phi) is 4.58. The molecular formula is C16H19NO3. The van der Waals surface area contributed by atoms with E-state index >= 15 is 0 Å². The Hall–Kier alpha value is -2.07. The van der Waals surface area contributed by atoms with Crippen LogP contribution in [0.15, 0.2) is 36.4 Å². The van der Waals surface area contributed by atoms with Crippen molar-refractivity contribution in [2.75, 3.05) is 6.54 Å². The smallest absolute Gasteiger partial charge is 0.303 e. The van der Waals surface area contributed by atoms with E-state index in [1.54, 1.807) is 0 Å². The van der Waals surface area contributed by atoms with Crippen LogP contribution in [0.2, 0.25) is 0 Å². The zero-order chi connectivity index (χ0) is 14.5. The number of carboxylic acids is 1. The van der Waals surface area contributed by atoms with E-state index in [4.69, 9.17) is 5.11 Å². The number of carboxylic acid groups (broad SMARTS) is 1. The number of aromatic hydroxyl groups is 1. The first kappa shape index (κ1) is 14.3. The van der Waals surface area contributed by atoms with Gasteiger partial charge in [0.1, 0.15) is 5.75 Å². The second kappa shape index (κ2) is 6.39. The number of hydrogen-bond acceptors (Lipinski definition) is 3. The molecule has 0 aliphatic heterocycles. The highest BCUT2D eigenvalue weighted by molar-refractivity contribution is 5.89. The van der Waals surface area contributed by atoms with Gasteiger partial charge in [-0.1, -0.05) is 36.4 Å². The molecule has 2 aromatic carbocycles. The number of benzene rings is 2. The largest absolute Gasteiger partial charge is 0.507 e. The van der Waals surface area contributed by atoms with Gasteiger partial charge in [0, 0.05) is 23.4 Å². The molecule has 0 fully saturated rings. The summed E-state index contributed by atoms with van der Waals surface area (Å²) in [7, 11) is 0. The molecule has 0 spiro atoms. The summed E-state index contributed by atoms with van der Waals surface area (Å²) in [5, 5.41) is 24.0. The third-order valence-electron chi connectivity index (χ3n) is 3.42. The van der Waals surface area contributed by atoms with Gasteiger partial charge in [0.05, 0.1) is 0 Å². The van der Waals surface area contributed by atoms with Gasteiger partial charge in [-0.2, -0.15) is 0 Å². The molecule has 4 nitrogen and oxygen atoms in total. The first-order valence-electron chi connectivity index (χ1n) is 6.75. The number of hydrogen-bond donors (Lipinski definition) is 3. The van der Waals surface area contributed by atoms with Crippen molar-refractivity contribution in [3.63, 3.8) is 0 Å². The van der Waals surface area contributed by atoms with Crippen LogP contribution in [0.4, 0.5) is 0 Å². The zero-order valence-electron chi connectivity index (χ0n) is 11.5. The lowest BCUT2D eigenvalue weighted by Gasteiger charge is -2.16. The van der Waals surface area contributed by atoms with Crippen LogP contribution >= 0.6 is 0 Å². The van der Waals surface area contributed by atoms with Gasteiger partial charge in [-0.25, -0.2) is 0 Å². The average Bonchev–Trinajstić information content (AvgIpc) is 2.44. The van der Waals surface area contributed by atoms with E-state index < -0.39 is 5.97 Å². The van der Waals surface area contributed by atoms with Crippen molar-refractivity contribution in [1.82, 2.24) is 5.32 Å². The average molecular weight is 273 g/mol. The summed E-state index contributed by atoms with van der Waals surface area (Å²) < 4.78 is 0. The van der Waals surface area contributed by atoms with Crippen molar-refractivity contribution < 1.29 is 15.0 Å². The molecule has 2 rings (SSSR count). The molecule has 0 aliphatic rings. The van der Waals surface area contributed by atoms with E-state index in [0.717, 1.165) is 16.3 Å². The van der Waals surface area contributed by atoms with E-state index in [1.165, 1.54) is 0 Å². The van der Waals surface area contributed by atoms with Gasteiger partial charge in [0.25, 0.3) is 0 Å². The summed E-state index contributed by atoms with van der Waals surface area (Å²) in [4.78, 5) is 10.4. The molecule has 0 aromatic heterocycles. The second-order valence-corrected chi connectivity index (χ2v) is 4.90. The van der Waals surface area contributed by atoms with E-state index in [0.29, 0.717) is 18.7 Å². The maximum Gasteiger partial charge on any atom is 0.303 e. The summed E-state index contributed by atoms with van der Waals surface area (Å²) >= 11 is 0. The fourth-order valence-electron chi connectivity index (χ4n) is 2.29. The molecule has 20 heavy (non-hydrogen) atoms. The first-order chi connectivity index (χ1) is 9.59. The Balaban J connectivity index is 2.08. The lowest BCUT2D eigenvalue weighted by atomic mass is 10.0. The number of fused-ring (bicyclic) bond motifs is 1. The number of rotatable bonds is 6. The van der Waals surface area contributed by atoms with Gasteiger partial charge in [0.2, 0.25) is 0 Å². The standard InChI is InChI=1S/C16H19NO3/c1-11(17-10-4-7-15(18)19)13-9-8-12-5-2-3-6-14(12)16(13)20/h2-3,5-6,8-9,11,17,20H,4,7,10H2,1H3,(H,18,19). The normalized spacial score (nSPS) is 12.4. The molecule has 0 saturated heterocycles. The van der Waals surface area contributed by atoms with Crippen LogP contribution in [0.25, 0.3) is 10.8 Å². The fraction of sp³-hybridized carbons (Fsp3) is 0.312. The molecule has 1 atom stereocenters. The lowest BCUT2D eigenvalue weighted by molar-refractivity contribution is -0.137. The molecule has 0 bridgehead atoms. The number of aliphatic carboxylic acids is 1. The van der Waals surface area contributed by atoms with Crippen molar-refractivity contribution >= 4 is 16.7 Å². The van der Waals surface area contributed by atoms with E-state index in [2.05, 4.69) is 5.32 Å². The molecule has 0 heterocycles. The molecule has 0 aliphatic carbocycles. The molecule has 1 unspecified atom stereocenters. The molecule has 4 heteroatoms. The van der Waals surface area contributed by atoms with E-state index in [-0.39, 0.29) is 12.5 Å². The molecule has 0 amide bonds. The molecule has 106 valence electrons. The highest BCUT2D eigenvalue weighted by Crippen LogP contribution is 2.32. The number of phenols is 1. The summed E-state index contributed by atoms with van der Waals surface area (Å²) in [5.74, 6) is -0.491. The van der Waals surface area contributed by atoms with Gasteiger partial charge in [-0.05, 0) is 25.3 Å². The Morgan fingerprint density at radius 3 is 2.75 bits per heavy atom. The van der Waals surface area contributed by atoms with E-state index in [9.17, 15) is 9.90 Å². The van der Waals surface area contributed by atoms with Gasteiger partial charge in [0.15, 0.2) is 0 Å². The number of phenolic OH excluding ortho intramolecular Hbond substituents is 1. The SMILES string of the molecule is CC(NCCCC(=O)O)c1ccc2ccccc2c1O. The first-order valence-corrected chi connectivity index (χ1v) is 6.75. The Labute approximate surface area is 118 Å². The topological polar surface area (TPSA) is 69.6 Å². The predicted molar refractivity (Wildman–Crippen MR) is 78.9 cm³/mol. The summed E-state index contributed by atoms with van der Waals surface area (Å²) in [6.45, 7) is 2.57. The van der Waals surface area contributed by atoms with Crippen LogP contribution in [0.3, 0.4) is 0 Å². The molecule has 0 saturated carbocycles. The van der Waals surface area contributed by atoms with Crippen molar-refractivity contribution in [3.05, 3.63) is 42.0 Å². The molecule has 3 N–H and O–H groups in total. The Morgan fingerprint density at radius 1 is 1.25 bits per heavy atom. The van der Waals surface area contributed by atoms with E-state index in [1.807, 2.05) is 43.3 Å². The van der Waals surface area contributed by atoms with Crippen LogP contribution in [0.5, 0.6) is 5.75 Å². The van der Waals surface area contributed by atoms with Crippen LogP contribution in [-0.4, -0.2) is 22.7 Å². The maximum atomic E-state index is 10.4.